The van der Waals surface area contributed by atoms with Gasteiger partial charge < -0.3 is 4.90 Å². The number of halogens is 1. The zero-order valence-electron chi connectivity index (χ0n) is 14.7. The highest BCUT2D eigenvalue weighted by molar-refractivity contribution is 7.91. The lowest BCUT2D eigenvalue weighted by Crippen LogP contribution is -2.25. The van der Waals surface area contributed by atoms with Crippen LogP contribution < -0.4 is 4.90 Å². The molecule has 2 aromatic carbocycles. The third-order valence-electron chi connectivity index (χ3n) is 3.86. The Morgan fingerprint density at radius 1 is 0.885 bits per heavy atom. The molecule has 0 radical (unpaired) electrons. The molecule has 0 amide bonds. The molecule has 2 rings (SSSR count). The van der Waals surface area contributed by atoms with Crippen LogP contribution in [0.5, 0.6) is 0 Å². The Bertz CT molecular complexity index is 938. The maximum atomic E-state index is 13.1. The lowest BCUT2D eigenvalue weighted by Gasteiger charge is -2.25. The number of benzene rings is 2. The van der Waals surface area contributed by atoms with E-state index < -0.39 is 19.7 Å². The largest absolute Gasteiger partial charge is 0.367 e. The summed E-state index contributed by atoms with van der Waals surface area (Å²) in [6.45, 7) is 0.935. The van der Waals surface area contributed by atoms with E-state index in [1.165, 1.54) is 30.5 Å². The van der Waals surface area contributed by atoms with E-state index in [2.05, 4.69) is 0 Å². The molecule has 0 aliphatic heterocycles. The van der Waals surface area contributed by atoms with Gasteiger partial charge >= 0.3 is 0 Å². The average Bonchev–Trinajstić information content (AvgIpc) is 2.54. The summed E-state index contributed by atoms with van der Waals surface area (Å²) in [6, 6.07) is 12.5. The Labute approximate surface area is 154 Å². The fourth-order valence-corrected chi connectivity index (χ4v) is 3.82. The molecule has 0 atom stereocenters. The number of sulfone groups is 2. The van der Waals surface area contributed by atoms with Crippen molar-refractivity contribution in [1.82, 2.24) is 0 Å². The molecule has 0 saturated carbocycles. The van der Waals surface area contributed by atoms with Gasteiger partial charge in [0.15, 0.2) is 9.84 Å². The second-order valence-corrected chi connectivity index (χ2v) is 10.6. The second kappa shape index (κ2) is 8.18. The Morgan fingerprint density at radius 2 is 1.46 bits per heavy atom. The van der Waals surface area contributed by atoms with Gasteiger partial charge in [-0.25, -0.2) is 21.2 Å². The Kier molecular flexibility index (Phi) is 6.41. The van der Waals surface area contributed by atoms with Crippen molar-refractivity contribution in [3.63, 3.8) is 0 Å². The van der Waals surface area contributed by atoms with Gasteiger partial charge in [-0.15, -0.1) is 0 Å². The molecule has 5 nitrogen and oxygen atoms in total. The molecule has 0 bridgehead atoms. The molecule has 0 aliphatic rings. The van der Waals surface area contributed by atoms with Crippen molar-refractivity contribution in [3.8, 4) is 0 Å². The molecule has 0 saturated heterocycles. The molecular weight excluding hydrogens is 377 g/mol. The molecule has 0 unspecified atom stereocenters. The lowest BCUT2D eigenvalue weighted by molar-refractivity contribution is 0.597. The number of nitrogens with zero attached hydrogens (tertiary/aromatic N) is 1. The molecule has 142 valence electrons. The van der Waals surface area contributed by atoms with Crippen molar-refractivity contribution >= 4 is 25.4 Å². The maximum absolute atomic E-state index is 13.1. The SMILES string of the molecule is CS(=O)(=O)CCCN(Cc1ccc(F)cc1)c1ccc(S(C)(=O)=O)cc1. The van der Waals surface area contributed by atoms with Crippen molar-refractivity contribution in [2.24, 2.45) is 0 Å². The van der Waals surface area contributed by atoms with Crippen LogP contribution in [0.4, 0.5) is 10.1 Å². The van der Waals surface area contributed by atoms with Gasteiger partial charge in [-0.3, -0.25) is 0 Å². The predicted molar refractivity (Wildman–Crippen MR) is 101 cm³/mol. The molecule has 0 aromatic heterocycles. The van der Waals surface area contributed by atoms with E-state index in [9.17, 15) is 21.2 Å². The van der Waals surface area contributed by atoms with Gasteiger partial charge in [-0.1, -0.05) is 12.1 Å². The third kappa shape index (κ3) is 6.42. The molecule has 0 spiro atoms. The fourth-order valence-electron chi connectivity index (χ4n) is 2.53. The van der Waals surface area contributed by atoms with E-state index in [4.69, 9.17) is 0 Å². The Balaban J connectivity index is 2.22. The highest BCUT2D eigenvalue weighted by Crippen LogP contribution is 2.21. The van der Waals surface area contributed by atoms with E-state index in [0.717, 1.165) is 17.5 Å². The first-order chi connectivity index (χ1) is 12.0. The van der Waals surface area contributed by atoms with Gasteiger partial charge in [0, 0.05) is 31.3 Å². The van der Waals surface area contributed by atoms with Crippen LogP contribution in [-0.2, 0) is 26.2 Å². The number of hydrogen-bond acceptors (Lipinski definition) is 5. The van der Waals surface area contributed by atoms with Gasteiger partial charge in [0.25, 0.3) is 0 Å². The summed E-state index contributed by atoms with van der Waals surface area (Å²) in [4.78, 5) is 2.17. The molecule has 26 heavy (non-hydrogen) atoms. The standard InChI is InChI=1S/C18H22FNO4S2/c1-25(21,22)13-3-12-20(14-15-4-6-16(19)7-5-15)17-8-10-18(11-9-17)26(2,23)24/h4-11H,3,12-14H2,1-2H3. The first kappa shape index (κ1) is 20.4. The summed E-state index contributed by atoms with van der Waals surface area (Å²) >= 11 is 0. The summed E-state index contributed by atoms with van der Waals surface area (Å²) in [5.41, 5.74) is 1.65. The molecular formula is C18H22FNO4S2. The summed E-state index contributed by atoms with van der Waals surface area (Å²) in [7, 11) is -6.35. The second-order valence-electron chi connectivity index (χ2n) is 6.30. The third-order valence-corrected chi connectivity index (χ3v) is 6.02. The predicted octanol–water partition coefficient (Wildman–Crippen LogP) is 2.67. The van der Waals surface area contributed by atoms with Crippen molar-refractivity contribution in [2.75, 3.05) is 29.7 Å². The summed E-state index contributed by atoms with van der Waals surface area (Å²) in [5.74, 6) is -0.260. The van der Waals surface area contributed by atoms with Gasteiger partial charge in [0.1, 0.15) is 15.7 Å². The zero-order valence-corrected chi connectivity index (χ0v) is 16.4. The van der Waals surface area contributed by atoms with Crippen molar-refractivity contribution < 1.29 is 21.2 Å². The smallest absolute Gasteiger partial charge is 0.175 e. The Hall–Kier alpha value is -1.93. The summed E-state index contributed by atoms with van der Waals surface area (Å²) < 4.78 is 59.1. The first-order valence-corrected chi connectivity index (χ1v) is 12.0. The van der Waals surface area contributed by atoms with Gasteiger partial charge in [-0.2, -0.15) is 0 Å². The molecule has 0 aliphatic carbocycles. The number of anilines is 1. The van der Waals surface area contributed by atoms with Crippen LogP contribution in [0, 0.1) is 5.82 Å². The highest BCUT2D eigenvalue weighted by Gasteiger charge is 2.12. The van der Waals surface area contributed by atoms with Crippen LogP contribution in [0.2, 0.25) is 0 Å². The van der Waals surface area contributed by atoms with Gasteiger partial charge in [0.05, 0.1) is 10.6 Å². The van der Waals surface area contributed by atoms with E-state index in [-0.39, 0.29) is 16.5 Å². The van der Waals surface area contributed by atoms with E-state index >= 15 is 0 Å². The number of hydrogen-bond donors (Lipinski definition) is 0. The molecule has 0 heterocycles. The normalized spacial score (nSPS) is 12.1. The van der Waals surface area contributed by atoms with Crippen molar-refractivity contribution in [1.29, 1.82) is 0 Å². The minimum absolute atomic E-state index is 0.0638. The summed E-state index contributed by atoms with van der Waals surface area (Å²) in [6.07, 6.45) is 2.77. The van der Waals surface area contributed by atoms with Crippen LogP contribution >= 0.6 is 0 Å². The fraction of sp³-hybridized carbons (Fsp3) is 0.333. The summed E-state index contributed by atoms with van der Waals surface area (Å²) in [5, 5.41) is 0. The van der Waals surface area contributed by atoms with Crippen LogP contribution in [-0.4, -0.2) is 41.6 Å². The maximum Gasteiger partial charge on any atom is 0.175 e. The van der Waals surface area contributed by atoms with Crippen LogP contribution in [0.3, 0.4) is 0 Å². The van der Waals surface area contributed by atoms with Crippen LogP contribution in [0.1, 0.15) is 12.0 Å². The van der Waals surface area contributed by atoms with Gasteiger partial charge in [-0.05, 0) is 48.4 Å². The van der Waals surface area contributed by atoms with Crippen LogP contribution in [0.15, 0.2) is 53.4 Å². The van der Waals surface area contributed by atoms with Crippen LogP contribution in [0.25, 0.3) is 0 Å². The molecule has 2 aromatic rings. The quantitative estimate of drug-likeness (QED) is 0.682. The minimum atomic E-state index is -3.28. The van der Waals surface area contributed by atoms with Crippen molar-refractivity contribution in [2.45, 2.75) is 17.9 Å². The van der Waals surface area contributed by atoms with E-state index in [1.807, 2.05) is 4.90 Å². The van der Waals surface area contributed by atoms with E-state index in [0.29, 0.717) is 19.5 Å². The minimum Gasteiger partial charge on any atom is -0.367 e. The monoisotopic (exact) mass is 399 g/mol. The molecule has 0 N–H and O–H groups in total. The van der Waals surface area contributed by atoms with Crippen molar-refractivity contribution in [3.05, 3.63) is 59.9 Å². The lowest BCUT2D eigenvalue weighted by atomic mass is 10.2. The van der Waals surface area contributed by atoms with E-state index in [1.54, 1.807) is 24.3 Å². The highest BCUT2D eigenvalue weighted by atomic mass is 32.2. The van der Waals surface area contributed by atoms with Gasteiger partial charge in [0.2, 0.25) is 0 Å². The average molecular weight is 400 g/mol. The zero-order chi connectivity index (χ0) is 19.4. The molecule has 8 heteroatoms. The number of rotatable bonds is 8. The topological polar surface area (TPSA) is 71.5 Å². The first-order valence-electron chi connectivity index (χ1n) is 8.02. The Morgan fingerprint density at radius 3 is 1.96 bits per heavy atom. The molecule has 0 fully saturated rings.